The largest absolute Gasteiger partial charge is 0.329 e. The van der Waals surface area contributed by atoms with Gasteiger partial charge >= 0.3 is 5.69 Å². The van der Waals surface area contributed by atoms with Gasteiger partial charge in [-0.1, -0.05) is 0 Å². The molecule has 1 aliphatic carbocycles. The maximum atomic E-state index is 12.2. The predicted molar refractivity (Wildman–Crippen MR) is 66.8 cm³/mol. The van der Waals surface area contributed by atoms with Gasteiger partial charge in [0.15, 0.2) is 0 Å². The topological polar surface area (TPSA) is 70.1 Å². The molecule has 0 bridgehead atoms. The molecule has 6 nitrogen and oxygen atoms in total. The van der Waals surface area contributed by atoms with Gasteiger partial charge in [0.25, 0.3) is 5.69 Å². The van der Waals surface area contributed by atoms with Crippen LogP contribution in [0.2, 0.25) is 0 Å². The van der Waals surface area contributed by atoms with Crippen LogP contribution in [0.1, 0.15) is 25.8 Å². The zero-order valence-electron chi connectivity index (χ0n) is 10.00. The molecule has 1 aromatic carbocycles. The van der Waals surface area contributed by atoms with Gasteiger partial charge in [-0.05, 0) is 25.8 Å². The van der Waals surface area contributed by atoms with Gasteiger partial charge in [0, 0.05) is 24.7 Å². The van der Waals surface area contributed by atoms with Crippen molar-refractivity contribution in [3.63, 3.8) is 0 Å². The van der Waals surface area contributed by atoms with E-state index in [9.17, 15) is 14.9 Å². The van der Waals surface area contributed by atoms with E-state index in [0.29, 0.717) is 12.1 Å². The molecular weight excluding hydrogens is 234 g/mol. The summed E-state index contributed by atoms with van der Waals surface area (Å²) in [5.74, 6) is 0. The van der Waals surface area contributed by atoms with E-state index in [1.807, 2.05) is 6.92 Å². The number of rotatable bonds is 3. The van der Waals surface area contributed by atoms with Gasteiger partial charge in [-0.3, -0.25) is 19.2 Å². The van der Waals surface area contributed by atoms with Gasteiger partial charge in [-0.15, -0.1) is 0 Å². The second-order valence-corrected chi connectivity index (χ2v) is 4.56. The average molecular weight is 247 g/mol. The van der Waals surface area contributed by atoms with Crippen molar-refractivity contribution < 1.29 is 4.92 Å². The van der Waals surface area contributed by atoms with Gasteiger partial charge in [-0.25, -0.2) is 4.79 Å². The molecule has 94 valence electrons. The van der Waals surface area contributed by atoms with Crippen molar-refractivity contribution in [2.45, 2.75) is 32.4 Å². The molecule has 1 aliphatic rings. The normalized spacial score (nSPS) is 15.2. The molecule has 6 heteroatoms. The van der Waals surface area contributed by atoms with E-state index in [1.165, 1.54) is 12.1 Å². The summed E-state index contributed by atoms with van der Waals surface area (Å²) in [6, 6.07) is 4.90. The standard InChI is InChI=1S/C12H13N3O3/c1-2-13-11-7-9(15(17)18)5-6-10(11)14(12(13)16)8-3-4-8/h5-8H,2-4H2,1H3. The first-order valence-electron chi connectivity index (χ1n) is 6.02. The number of benzene rings is 1. The van der Waals surface area contributed by atoms with Crippen molar-refractivity contribution in [1.29, 1.82) is 0 Å². The van der Waals surface area contributed by atoms with Crippen LogP contribution in [0, 0.1) is 10.1 Å². The summed E-state index contributed by atoms with van der Waals surface area (Å²) in [5.41, 5.74) is 1.42. The van der Waals surface area contributed by atoms with Crippen LogP contribution < -0.4 is 5.69 Å². The number of nitrogens with zero attached hydrogens (tertiary/aromatic N) is 3. The molecule has 2 aromatic rings. The third-order valence-corrected chi connectivity index (χ3v) is 3.39. The Morgan fingerprint density at radius 3 is 2.67 bits per heavy atom. The Balaban J connectivity index is 2.34. The highest BCUT2D eigenvalue weighted by atomic mass is 16.6. The SMILES string of the molecule is CCn1c(=O)n(C2CC2)c2ccc([N+](=O)[O-])cc21. The fourth-order valence-electron chi connectivity index (χ4n) is 2.37. The minimum atomic E-state index is -0.432. The molecule has 3 rings (SSSR count). The zero-order chi connectivity index (χ0) is 12.9. The van der Waals surface area contributed by atoms with Crippen molar-refractivity contribution in [3.8, 4) is 0 Å². The van der Waals surface area contributed by atoms with Crippen LogP contribution in [-0.4, -0.2) is 14.1 Å². The molecule has 18 heavy (non-hydrogen) atoms. The van der Waals surface area contributed by atoms with Crippen LogP contribution in [0.15, 0.2) is 23.0 Å². The molecule has 0 atom stereocenters. The number of non-ortho nitro benzene ring substituents is 1. The summed E-state index contributed by atoms with van der Waals surface area (Å²) in [5, 5.41) is 10.8. The van der Waals surface area contributed by atoms with Crippen LogP contribution in [0.25, 0.3) is 11.0 Å². The quantitative estimate of drug-likeness (QED) is 0.615. The maximum Gasteiger partial charge on any atom is 0.329 e. The lowest BCUT2D eigenvalue weighted by atomic mass is 10.2. The van der Waals surface area contributed by atoms with Crippen LogP contribution in [0.3, 0.4) is 0 Å². The minimum Gasteiger partial charge on any atom is -0.292 e. The Kier molecular flexibility index (Phi) is 2.26. The number of aryl methyl sites for hydroxylation is 1. The average Bonchev–Trinajstić information content (AvgIpc) is 3.12. The molecule has 0 spiro atoms. The van der Waals surface area contributed by atoms with Gasteiger partial charge < -0.3 is 0 Å². The van der Waals surface area contributed by atoms with Crippen LogP contribution >= 0.6 is 0 Å². The highest BCUT2D eigenvalue weighted by molar-refractivity contribution is 5.79. The summed E-state index contributed by atoms with van der Waals surface area (Å²) in [7, 11) is 0. The van der Waals surface area contributed by atoms with E-state index in [4.69, 9.17) is 0 Å². The molecular formula is C12H13N3O3. The molecule has 1 aromatic heterocycles. The van der Waals surface area contributed by atoms with E-state index in [1.54, 1.807) is 15.2 Å². The van der Waals surface area contributed by atoms with Crippen LogP contribution in [0.4, 0.5) is 5.69 Å². The fourth-order valence-corrected chi connectivity index (χ4v) is 2.37. The molecule has 0 unspecified atom stereocenters. The lowest BCUT2D eigenvalue weighted by molar-refractivity contribution is -0.384. The van der Waals surface area contributed by atoms with Gasteiger partial charge in [-0.2, -0.15) is 0 Å². The first-order chi connectivity index (χ1) is 8.63. The molecule has 1 heterocycles. The lowest BCUT2D eigenvalue weighted by Gasteiger charge is -1.98. The highest BCUT2D eigenvalue weighted by Gasteiger charge is 2.29. The monoisotopic (exact) mass is 247 g/mol. The number of nitro benzene ring substituents is 1. The summed E-state index contributed by atoms with van der Waals surface area (Å²) in [4.78, 5) is 22.6. The van der Waals surface area contributed by atoms with E-state index in [-0.39, 0.29) is 17.4 Å². The van der Waals surface area contributed by atoms with Gasteiger partial charge in [0.05, 0.1) is 16.0 Å². The third kappa shape index (κ3) is 1.45. The van der Waals surface area contributed by atoms with E-state index in [2.05, 4.69) is 0 Å². The van der Waals surface area contributed by atoms with E-state index in [0.717, 1.165) is 18.4 Å². The fraction of sp³-hybridized carbons (Fsp3) is 0.417. The minimum absolute atomic E-state index is 0.0256. The van der Waals surface area contributed by atoms with E-state index < -0.39 is 4.92 Å². The molecule has 0 amide bonds. The molecule has 0 saturated heterocycles. The molecule has 1 fully saturated rings. The Labute approximate surface area is 103 Å². The smallest absolute Gasteiger partial charge is 0.292 e. The first kappa shape index (κ1) is 11.0. The first-order valence-corrected chi connectivity index (χ1v) is 6.02. The highest BCUT2D eigenvalue weighted by Crippen LogP contribution is 2.36. The Hall–Kier alpha value is -2.11. The number of aromatic nitrogens is 2. The molecule has 1 saturated carbocycles. The molecule has 0 radical (unpaired) electrons. The Morgan fingerprint density at radius 1 is 1.39 bits per heavy atom. The summed E-state index contributed by atoms with van der Waals surface area (Å²) >= 11 is 0. The van der Waals surface area contributed by atoms with Crippen molar-refractivity contribution in [1.82, 2.24) is 9.13 Å². The molecule has 0 N–H and O–H groups in total. The maximum absolute atomic E-state index is 12.2. The number of nitro groups is 1. The third-order valence-electron chi connectivity index (χ3n) is 3.39. The Bertz CT molecular complexity index is 694. The summed E-state index contributed by atoms with van der Waals surface area (Å²) < 4.78 is 3.36. The van der Waals surface area contributed by atoms with Gasteiger partial charge in [0.1, 0.15) is 0 Å². The number of hydrogen-bond acceptors (Lipinski definition) is 3. The molecule has 0 aliphatic heterocycles. The number of fused-ring (bicyclic) bond motifs is 1. The summed E-state index contributed by atoms with van der Waals surface area (Å²) in [6.45, 7) is 2.40. The zero-order valence-corrected chi connectivity index (χ0v) is 10.00. The number of hydrogen-bond donors (Lipinski definition) is 0. The Morgan fingerprint density at radius 2 is 2.11 bits per heavy atom. The van der Waals surface area contributed by atoms with Crippen LogP contribution in [0.5, 0.6) is 0 Å². The van der Waals surface area contributed by atoms with Crippen LogP contribution in [-0.2, 0) is 6.54 Å². The van der Waals surface area contributed by atoms with Gasteiger partial charge in [0.2, 0.25) is 0 Å². The van der Waals surface area contributed by atoms with Crippen molar-refractivity contribution in [2.75, 3.05) is 0 Å². The predicted octanol–water partition coefficient (Wildman–Crippen LogP) is 2.07. The lowest BCUT2D eigenvalue weighted by Crippen LogP contribution is -2.23. The van der Waals surface area contributed by atoms with Crippen molar-refractivity contribution >= 4 is 16.7 Å². The second kappa shape index (κ2) is 3.69. The van der Waals surface area contributed by atoms with E-state index >= 15 is 0 Å². The summed E-state index contributed by atoms with van der Waals surface area (Å²) in [6.07, 6.45) is 2.03. The second-order valence-electron chi connectivity index (χ2n) is 4.56. The van der Waals surface area contributed by atoms with Crippen molar-refractivity contribution in [3.05, 3.63) is 38.8 Å². The number of imidazole rings is 1. The van der Waals surface area contributed by atoms with Crippen molar-refractivity contribution in [2.24, 2.45) is 0 Å².